The van der Waals surface area contributed by atoms with Gasteiger partial charge in [0.2, 0.25) is 0 Å². The zero-order valence-electron chi connectivity index (χ0n) is 15.0. The third kappa shape index (κ3) is 5.93. The Labute approximate surface area is 158 Å². The van der Waals surface area contributed by atoms with Gasteiger partial charge in [0.25, 0.3) is 0 Å². The third-order valence-corrected chi connectivity index (χ3v) is 4.68. The van der Waals surface area contributed by atoms with Gasteiger partial charge in [-0.2, -0.15) is 52.7 Å². The largest absolute Gasteiger partial charge is 0.403 e. The molecule has 0 aromatic carbocycles. The minimum absolute atomic E-state index is 0.00109. The summed E-state index contributed by atoms with van der Waals surface area (Å²) < 4.78 is 170. The topological polar surface area (TPSA) is 0 Å². The third-order valence-electron chi connectivity index (χ3n) is 4.68. The highest BCUT2D eigenvalue weighted by molar-refractivity contribution is 5.04. The van der Waals surface area contributed by atoms with Gasteiger partial charge in [0.15, 0.2) is 10.8 Å². The maximum Gasteiger partial charge on any atom is 0.403 e. The van der Waals surface area contributed by atoms with E-state index in [0.717, 1.165) is 6.92 Å². The summed E-state index contributed by atoms with van der Waals surface area (Å²) in [5.41, 5.74) is -8.78. The van der Waals surface area contributed by atoms with Gasteiger partial charge in [-0.15, -0.1) is 0 Å². The van der Waals surface area contributed by atoms with E-state index in [0.29, 0.717) is 0 Å². The quantitative estimate of drug-likeness (QED) is 0.242. The zero-order valence-corrected chi connectivity index (χ0v) is 15.0. The summed E-state index contributed by atoms with van der Waals surface area (Å²) in [5, 5.41) is 0. The van der Waals surface area contributed by atoms with Gasteiger partial charge in [0.1, 0.15) is 0 Å². The molecule has 0 aromatic heterocycles. The van der Waals surface area contributed by atoms with E-state index in [2.05, 4.69) is 0 Å². The van der Waals surface area contributed by atoms with Crippen LogP contribution in [0.4, 0.5) is 57.1 Å². The first-order valence-corrected chi connectivity index (χ1v) is 8.31. The van der Waals surface area contributed by atoms with Crippen molar-refractivity contribution in [3.63, 3.8) is 0 Å². The number of hydrogen-bond donors (Lipinski definition) is 0. The van der Waals surface area contributed by atoms with Crippen LogP contribution >= 0.6 is 0 Å². The molecule has 0 aliphatic carbocycles. The molecular formula is C16H19F13. The Hall–Kier alpha value is -1.17. The van der Waals surface area contributed by atoms with Crippen LogP contribution in [0.25, 0.3) is 0 Å². The van der Waals surface area contributed by atoms with Crippen LogP contribution < -0.4 is 0 Å². The van der Waals surface area contributed by atoms with Gasteiger partial charge in [0.05, 0.1) is 6.67 Å². The van der Waals surface area contributed by atoms with E-state index in [1.165, 1.54) is 0 Å². The monoisotopic (exact) mass is 458 g/mol. The molecular weight excluding hydrogens is 439 g/mol. The van der Waals surface area contributed by atoms with Crippen molar-refractivity contribution in [1.29, 1.82) is 0 Å². The lowest BCUT2D eigenvalue weighted by atomic mass is 9.76. The average molecular weight is 458 g/mol. The normalized spacial score (nSPS) is 15.4. The molecule has 0 heterocycles. The summed E-state index contributed by atoms with van der Waals surface area (Å²) in [6.45, 7) is -0.495. The minimum atomic E-state index is -5.95. The number of rotatable bonds is 9. The second-order valence-electron chi connectivity index (χ2n) is 6.58. The molecule has 0 aromatic rings. The highest BCUT2D eigenvalue weighted by atomic mass is 19.4. The second kappa shape index (κ2) is 9.32. The Morgan fingerprint density at radius 1 is 0.552 bits per heavy atom. The lowest BCUT2D eigenvalue weighted by Crippen LogP contribution is -2.50. The van der Waals surface area contributed by atoms with E-state index in [-0.39, 0.29) is 12.2 Å². The zero-order chi connectivity index (χ0) is 23.4. The van der Waals surface area contributed by atoms with Crippen LogP contribution in [0.15, 0.2) is 12.2 Å². The van der Waals surface area contributed by atoms with E-state index in [1.54, 1.807) is 0 Å². The van der Waals surface area contributed by atoms with Crippen molar-refractivity contribution < 1.29 is 57.1 Å². The molecule has 0 nitrogen and oxygen atoms in total. The summed E-state index contributed by atoms with van der Waals surface area (Å²) in [5.74, 6) is 0. The number of allylic oxidation sites excluding steroid dienone is 2. The summed E-state index contributed by atoms with van der Waals surface area (Å²) in [6, 6.07) is 0. The minimum Gasteiger partial charge on any atom is -0.251 e. The number of alkyl halides is 13. The van der Waals surface area contributed by atoms with Gasteiger partial charge in [-0.1, -0.05) is 25.5 Å². The first-order valence-electron chi connectivity index (χ1n) is 8.31. The van der Waals surface area contributed by atoms with Gasteiger partial charge < -0.3 is 0 Å². The Morgan fingerprint density at radius 2 is 0.862 bits per heavy atom. The van der Waals surface area contributed by atoms with E-state index >= 15 is 0 Å². The Balaban J connectivity index is 5.96. The lowest BCUT2D eigenvalue weighted by molar-refractivity contribution is -0.344. The predicted molar refractivity (Wildman–Crippen MR) is 77.6 cm³/mol. The van der Waals surface area contributed by atoms with Gasteiger partial charge in [0, 0.05) is 0 Å². The molecule has 29 heavy (non-hydrogen) atoms. The van der Waals surface area contributed by atoms with Crippen LogP contribution in [-0.4, -0.2) is 31.4 Å². The molecule has 0 saturated carbocycles. The molecule has 0 aliphatic heterocycles. The maximum atomic E-state index is 13.1. The maximum absolute atomic E-state index is 13.1. The molecule has 0 atom stereocenters. The fraction of sp³-hybridized carbons (Fsp3) is 0.875. The summed E-state index contributed by atoms with van der Waals surface area (Å²) in [7, 11) is 0. The smallest absolute Gasteiger partial charge is 0.251 e. The standard InChI is InChI=1S/C16H19F13/c1-2-6-11(13(18,19)20,14(21,22)23)7-3-4-8-12(9-5-10-17,15(24,25)26)16(27,28)29/h3-4H,2,5-10H2,1H3. The average Bonchev–Trinajstić information content (AvgIpc) is 2.48. The van der Waals surface area contributed by atoms with Crippen LogP contribution in [0, 0.1) is 10.8 Å². The molecule has 13 heteroatoms. The Bertz CT molecular complexity index is 491. The van der Waals surface area contributed by atoms with Crippen molar-refractivity contribution in [1.82, 2.24) is 0 Å². The van der Waals surface area contributed by atoms with Crippen molar-refractivity contribution in [2.75, 3.05) is 6.67 Å². The summed E-state index contributed by atoms with van der Waals surface area (Å²) in [4.78, 5) is 0. The molecule has 0 spiro atoms. The Kier molecular flexibility index (Phi) is 8.94. The highest BCUT2D eigenvalue weighted by Gasteiger charge is 2.70. The molecule has 0 rings (SSSR count). The van der Waals surface area contributed by atoms with Crippen molar-refractivity contribution in [2.45, 2.75) is 70.2 Å². The lowest BCUT2D eigenvalue weighted by Gasteiger charge is -2.37. The van der Waals surface area contributed by atoms with Crippen LogP contribution in [0.3, 0.4) is 0 Å². The fourth-order valence-corrected chi connectivity index (χ4v) is 2.92. The second-order valence-corrected chi connectivity index (χ2v) is 6.58. The molecule has 0 fully saturated rings. The molecule has 0 N–H and O–H groups in total. The van der Waals surface area contributed by atoms with Gasteiger partial charge in [-0.25, -0.2) is 0 Å². The fourth-order valence-electron chi connectivity index (χ4n) is 2.92. The molecule has 0 saturated heterocycles. The van der Waals surface area contributed by atoms with Gasteiger partial charge in [-0.3, -0.25) is 4.39 Å². The van der Waals surface area contributed by atoms with Crippen LogP contribution in [0.1, 0.15) is 45.4 Å². The van der Waals surface area contributed by atoms with Crippen molar-refractivity contribution in [3.8, 4) is 0 Å². The van der Waals surface area contributed by atoms with E-state index in [1.807, 2.05) is 0 Å². The highest BCUT2D eigenvalue weighted by Crippen LogP contribution is 2.57. The molecule has 0 unspecified atom stereocenters. The van der Waals surface area contributed by atoms with Gasteiger partial charge in [-0.05, 0) is 32.1 Å². The van der Waals surface area contributed by atoms with Crippen molar-refractivity contribution in [2.24, 2.45) is 10.8 Å². The van der Waals surface area contributed by atoms with Crippen LogP contribution in [0.5, 0.6) is 0 Å². The van der Waals surface area contributed by atoms with Crippen molar-refractivity contribution in [3.05, 3.63) is 12.2 Å². The Morgan fingerprint density at radius 3 is 1.10 bits per heavy atom. The SMILES string of the molecule is CCCC(CC=CCC(CCCF)(C(F)(F)F)C(F)(F)F)(C(F)(F)F)C(F)(F)F. The summed E-state index contributed by atoms with van der Waals surface area (Å²) in [6.07, 6.45) is -32.3. The van der Waals surface area contributed by atoms with E-state index in [9.17, 15) is 57.1 Å². The van der Waals surface area contributed by atoms with E-state index in [4.69, 9.17) is 0 Å². The number of halogens is 13. The molecule has 174 valence electrons. The first-order chi connectivity index (χ1) is 12.8. The van der Waals surface area contributed by atoms with Crippen molar-refractivity contribution >= 4 is 0 Å². The molecule has 0 amide bonds. The molecule has 0 bridgehead atoms. The molecule has 0 radical (unpaired) electrons. The first kappa shape index (κ1) is 27.8. The van der Waals surface area contributed by atoms with E-state index < -0.39 is 80.7 Å². The van der Waals surface area contributed by atoms with Crippen LogP contribution in [0.2, 0.25) is 0 Å². The van der Waals surface area contributed by atoms with Gasteiger partial charge >= 0.3 is 24.7 Å². The molecule has 0 aliphatic rings. The predicted octanol–water partition coefficient (Wildman–Crippen LogP) is 8.09. The number of hydrogen-bond acceptors (Lipinski definition) is 0. The van der Waals surface area contributed by atoms with Crippen LogP contribution in [-0.2, 0) is 0 Å². The summed E-state index contributed by atoms with van der Waals surface area (Å²) >= 11 is 0.